The molecule has 8 heteroatoms. The van der Waals surface area contributed by atoms with Crippen LogP contribution in [0, 0.1) is 25.5 Å². The van der Waals surface area contributed by atoms with Crippen LogP contribution in [0.5, 0.6) is 0 Å². The van der Waals surface area contributed by atoms with Crippen LogP contribution in [0.2, 0.25) is 0 Å². The zero-order valence-electron chi connectivity index (χ0n) is 19.3. The van der Waals surface area contributed by atoms with Gasteiger partial charge in [-0.05, 0) is 26.0 Å². The smallest absolute Gasteiger partial charge is 0.327 e. The van der Waals surface area contributed by atoms with Crippen LogP contribution < -0.4 is 10.6 Å². The zero-order valence-corrected chi connectivity index (χ0v) is 19.3. The molecule has 2 atom stereocenters. The molecule has 6 nitrogen and oxygen atoms in total. The molecule has 0 saturated carbocycles. The number of ether oxygens (including phenoxy) is 1. The van der Waals surface area contributed by atoms with E-state index in [1.807, 2.05) is 62.4 Å². The van der Waals surface area contributed by atoms with Gasteiger partial charge in [-0.25, -0.2) is 13.7 Å². The van der Waals surface area contributed by atoms with Crippen molar-refractivity contribution in [3.05, 3.63) is 101 Å². The van der Waals surface area contributed by atoms with Crippen LogP contribution in [0.1, 0.15) is 22.3 Å². The maximum absolute atomic E-state index is 14.3. The van der Waals surface area contributed by atoms with Gasteiger partial charge in [-0.1, -0.05) is 59.7 Å². The van der Waals surface area contributed by atoms with Gasteiger partial charge in [0.15, 0.2) is 0 Å². The normalized spacial score (nSPS) is 21.3. The van der Waals surface area contributed by atoms with Gasteiger partial charge in [0.1, 0.15) is 23.7 Å². The largest absolute Gasteiger partial charge is 0.434 e. The maximum atomic E-state index is 14.3. The van der Waals surface area contributed by atoms with E-state index in [1.165, 1.54) is 6.07 Å². The summed E-state index contributed by atoms with van der Waals surface area (Å²) in [6, 6.07) is 16.6. The number of cyclic esters (lactones) is 1. The van der Waals surface area contributed by atoms with Crippen molar-refractivity contribution in [3.8, 4) is 0 Å². The number of aryl methyl sites for hydroxylation is 2. The first-order valence-electron chi connectivity index (χ1n) is 11.4. The molecule has 2 aliphatic rings. The van der Waals surface area contributed by atoms with Gasteiger partial charge in [-0.2, -0.15) is 0 Å². The van der Waals surface area contributed by atoms with Crippen LogP contribution in [0.25, 0.3) is 0 Å². The standard InChI is InChI=1S/C27H25F2N3O3/c1-16-3-7-18(8-4-16)27(19-9-5-17(2)6-10-19)32-23(14-30-15-24(32)26(34)35-27)25(33)31-22-12-11-20(28)13-21(22)29/h3-13,23-24,30H,14-15H2,1-2H3,(H,31,33). The van der Waals surface area contributed by atoms with Crippen molar-refractivity contribution in [2.75, 3.05) is 18.4 Å². The molecule has 3 aromatic carbocycles. The van der Waals surface area contributed by atoms with Gasteiger partial charge in [0.25, 0.3) is 0 Å². The van der Waals surface area contributed by atoms with Crippen molar-refractivity contribution >= 4 is 17.6 Å². The Morgan fingerprint density at radius 3 is 2.14 bits per heavy atom. The lowest BCUT2D eigenvalue weighted by molar-refractivity contribution is -0.152. The molecule has 180 valence electrons. The molecule has 0 aliphatic carbocycles. The molecule has 0 bridgehead atoms. The van der Waals surface area contributed by atoms with E-state index in [4.69, 9.17) is 4.74 Å². The molecule has 2 N–H and O–H groups in total. The minimum atomic E-state index is -1.35. The molecule has 2 heterocycles. The van der Waals surface area contributed by atoms with Crippen molar-refractivity contribution in [2.24, 2.45) is 0 Å². The fourth-order valence-corrected chi connectivity index (χ4v) is 4.84. The highest BCUT2D eigenvalue weighted by Crippen LogP contribution is 2.46. The first-order chi connectivity index (χ1) is 16.8. The minimum Gasteiger partial charge on any atom is -0.434 e. The number of esters is 1. The number of rotatable bonds is 4. The molecule has 0 radical (unpaired) electrons. The Morgan fingerprint density at radius 1 is 0.971 bits per heavy atom. The Bertz CT molecular complexity index is 1230. The number of nitrogens with zero attached hydrogens (tertiary/aromatic N) is 1. The summed E-state index contributed by atoms with van der Waals surface area (Å²) in [6.07, 6.45) is 0. The molecule has 35 heavy (non-hydrogen) atoms. The van der Waals surface area contributed by atoms with Crippen molar-refractivity contribution in [1.29, 1.82) is 0 Å². The Kier molecular flexibility index (Phi) is 5.86. The average molecular weight is 478 g/mol. The first kappa shape index (κ1) is 23.1. The summed E-state index contributed by atoms with van der Waals surface area (Å²) in [7, 11) is 0. The van der Waals surface area contributed by atoms with Gasteiger partial charge in [-0.3, -0.25) is 9.59 Å². The highest BCUT2D eigenvalue weighted by atomic mass is 19.1. The van der Waals surface area contributed by atoms with Crippen LogP contribution in [0.15, 0.2) is 66.7 Å². The Balaban J connectivity index is 1.62. The first-order valence-corrected chi connectivity index (χ1v) is 11.4. The van der Waals surface area contributed by atoms with Crippen molar-refractivity contribution in [1.82, 2.24) is 10.2 Å². The third-order valence-electron chi connectivity index (χ3n) is 6.61. The number of carbonyl (C=O) groups is 2. The summed E-state index contributed by atoms with van der Waals surface area (Å²) in [5.41, 5.74) is 1.99. The molecular weight excluding hydrogens is 452 g/mol. The maximum Gasteiger partial charge on any atom is 0.327 e. The molecule has 2 fully saturated rings. The van der Waals surface area contributed by atoms with Crippen LogP contribution in [0.4, 0.5) is 14.5 Å². The molecule has 2 aliphatic heterocycles. The number of nitrogens with one attached hydrogen (secondary N) is 2. The van der Waals surface area contributed by atoms with Crippen molar-refractivity contribution in [3.63, 3.8) is 0 Å². The average Bonchev–Trinajstić information content (AvgIpc) is 3.15. The molecule has 0 spiro atoms. The second-order valence-corrected chi connectivity index (χ2v) is 9.01. The summed E-state index contributed by atoms with van der Waals surface area (Å²) in [5, 5.41) is 5.69. The Labute approximate surface area is 201 Å². The van der Waals surface area contributed by atoms with E-state index in [9.17, 15) is 18.4 Å². The van der Waals surface area contributed by atoms with E-state index in [-0.39, 0.29) is 12.2 Å². The van der Waals surface area contributed by atoms with Crippen LogP contribution in [-0.2, 0) is 20.1 Å². The SMILES string of the molecule is Cc1ccc(C2(c3ccc(C)cc3)OC(=O)C3CNCC(C(=O)Nc4ccc(F)cc4F)N32)cc1. The minimum absolute atomic E-state index is 0.138. The molecule has 5 rings (SSSR count). The van der Waals surface area contributed by atoms with Crippen molar-refractivity contribution < 1.29 is 23.1 Å². The molecule has 0 aromatic heterocycles. The lowest BCUT2D eigenvalue weighted by Gasteiger charge is -2.44. The van der Waals surface area contributed by atoms with E-state index >= 15 is 0 Å². The van der Waals surface area contributed by atoms with E-state index in [1.54, 1.807) is 4.90 Å². The third kappa shape index (κ3) is 3.98. The van der Waals surface area contributed by atoms with Gasteiger partial charge in [0.05, 0.1) is 5.69 Å². The van der Waals surface area contributed by atoms with Gasteiger partial charge < -0.3 is 15.4 Å². The predicted octanol–water partition coefficient (Wildman–Crippen LogP) is 3.62. The quantitative estimate of drug-likeness (QED) is 0.562. The number of benzene rings is 3. The van der Waals surface area contributed by atoms with Crippen molar-refractivity contribution in [2.45, 2.75) is 31.7 Å². The topological polar surface area (TPSA) is 70.7 Å². The highest BCUT2D eigenvalue weighted by Gasteiger charge is 2.60. The number of halogens is 2. The summed E-state index contributed by atoms with van der Waals surface area (Å²) < 4.78 is 33.8. The van der Waals surface area contributed by atoms with Crippen LogP contribution in [0.3, 0.4) is 0 Å². The Morgan fingerprint density at radius 2 is 1.57 bits per heavy atom. The summed E-state index contributed by atoms with van der Waals surface area (Å²) in [4.78, 5) is 28.5. The lowest BCUT2D eigenvalue weighted by atomic mass is 9.89. The number of hydrogen-bond donors (Lipinski definition) is 2. The number of carbonyl (C=O) groups excluding carboxylic acids is 2. The monoisotopic (exact) mass is 477 g/mol. The number of anilines is 1. The number of fused-ring (bicyclic) bond motifs is 1. The van der Waals surface area contributed by atoms with Gasteiger partial charge >= 0.3 is 5.97 Å². The molecule has 3 aromatic rings. The highest BCUT2D eigenvalue weighted by molar-refractivity contribution is 5.96. The van der Waals surface area contributed by atoms with Crippen LogP contribution in [-0.4, -0.2) is 41.9 Å². The third-order valence-corrected chi connectivity index (χ3v) is 6.61. The molecule has 1 amide bonds. The second kappa shape index (κ2) is 8.87. The van der Waals surface area contributed by atoms with Gasteiger partial charge in [-0.15, -0.1) is 0 Å². The molecular formula is C27H25F2N3O3. The lowest BCUT2D eigenvalue weighted by Crippen LogP contribution is -2.65. The van der Waals surface area contributed by atoms with Crippen LogP contribution >= 0.6 is 0 Å². The fraction of sp³-hybridized carbons (Fsp3) is 0.259. The predicted molar refractivity (Wildman–Crippen MR) is 127 cm³/mol. The van der Waals surface area contributed by atoms with Gasteiger partial charge in [0, 0.05) is 30.3 Å². The van der Waals surface area contributed by atoms with E-state index in [0.717, 1.165) is 17.2 Å². The fourth-order valence-electron chi connectivity index (χ4n) is 4.84. The number of piperazine rings is 1. The number of amides is 1. The number of hydrogen-bond acceptors (Lipinski definition) is 5. The zero-order chi connectivity index (χ0) is 24.7. The summed E-state index contributed by atoms with van der Waals surface area (Å²) >= 11 is 0. The van der Waals surface area contributed by atoms with E-state index in [0.29, 0.717) is 23.7 Å². The van der Waals surface area contributed by atoms with E-state index < -0.39 is 41.3 Å². The molecule has 2 unspecified atom stereocenters. The van der Waals surface area contributed by atoms with Gasteiger partial charge in [0.2, 0.25) is 11.6 Å². The van der Waals surface area contributed by atoms with E-state index in [2.05, 4.69) is 10.6 Å². The summed E-state index contributed by atoms with van der Waals surface area (Å²) in [5.74, 6) is -2.61. The molecule has 2 saturated heterocycles. The summed E-state index contributed by atoms with van der Waals surface area (Å²) in [6.45, 7) is 4.43. The Hall–Kier alpha value is -3.62. The second-order valence-electron chi connectivity index (χ2n) is 9.01.